The molecule has 21 heavy (non-hydrogen) atoms. The third-order valence-electron chi connectivity index (χ3n) is 7.27. The SMILES string of the molecule is C[C@]12CC[C@@H]3c4ccc(O)cc4CC[C@H]3[C@@H]1CC[C@@]2(O)[Na]. The maximum absolute atomic E-state index is 10.9. The molecule has 0 radical (unpaired) electrons. The molecule has 0 spiro atoms. The Morgan fingerprint density at radius 3 is 2.81 bits per heavy atom. The van der Waals surface area contributed by atoms with E-state index in [1.807, 2.05) is 12.1 Å². The fourth-order valence-electron chi connectivity index (χ4n) is 5.81. The van der Waals surface area contributed by atoms with Gasteiger partial charge in [0.25, 0.3) is 0 Å². The molecule has 2 fully saturated rings. The number of rotatable bonds is 0. The minimum absolute atomic E-state index is 0.162. The van der Waals surface area contributed by atoms with Crippen molar-refractivity contribution < 1.29 is 10.2 Å². The molecule has 4 rings (SSSR count). The Kier molecular flexibility index (Phi) is 3.29. The third-order valence-corrected chi connectivity index (χ3v) is 8.91. The van der Waals surface area contributed by atoms with Crippen LogP contribution in [-0.2, 0) is 6.42 Å². The molecule has 0 saturated heterocycles. The Labute approximate surface area is 144 Å². The number of fused-ring (bicyclic) bond motifs is 5. The predicted molar refractivity (Wildman–Crippen MR) is 83.4 cm³/mol. The Hall–Kier alpha value is -0.0200. The van der Waals surface area contributed by atoms with Gasteiger partial charge in [-0.15, -0.1) is 0 Å². The molecule has 3 aliphatic rings. The normalized spacial score (nSPS) is 44.9. The van der Waals surface area contributed by atoms with Gasteiger partial charge < -0.3 is 0 Å². The molecular weight excluding hydrogens is 271 g/mol. The molecule has 1 aromatic rings. The van der Waals surface area contributed by atoms with Gasteiger partial charge in [-0.3, -0.25) is 0 Å². The summed E-state index contributed by atoms with van der Waals surface area (Å²) in [4.78, 5) is 0. The van der Waals surface area contributed by atoms with Crippen LogP contribution in [0.15, 0.2) is 18.2 Å². The number of hydrogen-bond donors (Lipinski definition) is 2. The van der Waals surface area contributed by atoms with Crippen molar-refractivity contribution in [3.8, 4) is 5.75 Å². The average Bonchev–Trinajstić information content (AvgIpc) is 2.69. The number of phenolic OH excluding ortho intramolecular Hbond substituents is 1. The first kappa shape index (κ1) is 14.6. The molecule has 3 heteroatoms. The summed E-state index contributed by atoms with van der Waals surface area (Å²) < 4.78 is -0.349. The molecule has 3 aliphatic carbocycles. The van der Waals surface area contributed by atoms with Gasteiger partial charge >= 0.3 is 145 Å². The van der Waals surface area contributed by atoms with Crippen LogP contribution in [0.3, 0.4) is 0 Å². The standard InChI is InChI=1S/C18H23O2.Na/c1-18-9-8-14-13-5-3-12(19)10-11(13)2-4-15(14)16(18)6-7-17(18)20;/h3,5,10,14-16,19-20H,2,4,6-9H2,1H3;/t14-,15-,16+,18+;/m1./s1. The van der Waals surface area contributed by atoms with E-state index in [-0.39, 0.29) is 8.27 Å². The quantitative estimate of drug-likeness (QED) is 0.722. The molecule has 0 aromatic heterocycles. The van der Waals surface area contributed by atoms with Gasteiger partial charge in [0.15, 0.2) is 0 Å². The first-order valence-corrected chi connectivity index (χ1v) is 9.46. The number of benzene rings is 1. The van der Waals surface area contributed by atoms with Gasteiger partial charge in [-0.25, -0.2) is 0 Å². The second-order valence-corrected chi connectivity index (χ2v) is 9.72. The Morgan fingerprint density at radius 2 is 2.00 bits per heavy atom. The summed E-state index contributed by atoms with van der Waals surface area (Å²) in [6.07, 6.45) is 6.94. The van der Waals surface area contributed by atoms with Crippen molar-refractivity contribution in [2.75, 3.05) is 0 Å². The number of aliphatic hydroxyl groups is 1. The van der Waals surface area contributed by atoms with Crippen molar-refractivity contribution in [1.82, 2.24) is 0 Å². The Balaban J connectivity index is 1.72. The van der Waals surface area contributed by atoms with Crippen LogP contribution >= 0.6 is 0 Å². The van der Waals surface area contributed by atoms with Gasteiger partial charge in [0.1, 0.15) is 0 Å². The minimum atomic E-state index is -0.349. The van der Waals surface area contributed by atoms with E-state index in [1.165, 1.54) is 36.8 Å². The maximum atomic E-state index is 10.9. The zero-order valence-corrected chi connectivity index (χ0v) is 15.1. The second kappa shape index (κ2) is 4.74. The van der Waals surface area contributed by atoms with Gasteiger partial charge in [0.2, 0.25) is 0 Å². The van der Waals surface area contributed by atoms with Gasteiger partial charge in [-0.2, -0.15) is 0 Å². The molecule has 5 atom stereocenters. The first-order chi connectivity index (χ1) is 9.92. The van der Waals surface area contributed by atoms with E-state index in [0.29, 0.717) is 17.6 Å². The number of aryl methyl sites for hydroxylation is 1. The summed E-state index contributed by atoms with van der Waals surface area (Å²) in [5.41, 5.74) is 3.00. The molecule has 2 nitrogen and oxygen atoms in total. The molecule has 2 saturated carbocycles. The molecule has 0 bridgehead atoms. The van der Waals surface area contributed by atoms with Crippen molar-refractivity contribution in [1.29, 1.82) is 0 Å². The average molecular weight is 294 g/mol. The fourth-order valence-corrected chi connectivity index (χ4v) is 6.72. The zero-order chi connectivity index (χ0) is 14.8. The molecule has 108 valence electrons. The Morgan fingerprint density at radius 1 is 1.19 bits per heavy atom. The topological polar surface area (TPSA) is 40.5 Å². The number of aromatic hydroxyl groups is 1. The van der Waals surface area contributed by atoms with E-state index in [0.717, 1.165) is 46.7 Å². The zero-order valence-electron chi connectivity index (χ0n) is 13.1. The van der Waals surface area contributed by atoms with Crippen molar-refractivity contribution in [2.45, 2.75) is 54.2 Å². The molecule has 0 heterocycles. The fraction of sp³-hybridized carbons (Fsp3) is 0.667. The molecule has 1 aromatic carbocycles. The van der Waals surface area contributed by atoms with E-state index in [2.05, 4.69) is 13.0 Å². The van der Waals surface area contributed by atoms with Crippen LogP contribution in [0.2, 0.25) is 0 Å². The first-order valence-electron chi connectivity index (χ1n) is 8.46. The van der Waals surface area contributed by atoms with Crippen molar-refractivity contribution in [2.24, 2.45) is 17.3 Å². The molecule has 0 unspecified atom stereocenters. The molecule has 2 N–H and O–H groups in total. The summed E-state index contributed by atoms with van der Waals surface area (Å²) in [5.74, 6) is 2.50. The van der Waals surface area contributed by atoms with Gasteiger partial charge in [-0.05, 0) is 0 Å². The van der Waals surface area contributed by atoms with Crippen LogP contribution in [0.1, 0.15) is 56.1 Å². The summed E-state index contributed by atoms with van der Waals surface area (Å²) in [6.45, 7) is 2.36. The summed E-state index contributed by atoms with van der Waals surface area (Å²) in [6, 6.07) is 5.98. The predicted octanol–water partition coefficient (Wildman–Crippen LogP) is 3.11. The number of phenols is 1. The van der Waals surface area contributed by atoms with Gasteiger partial charge in [-0.1, -0.05) is 0 Å². The van der Waals surface area contributed by atoms with Crippen molar-refractivity contribution in [3.05, 3.63) is 29.3 Å². The van der Waals surface area contributed by atoms with Crippen LogP contribution < -0.4 is 0 Å². The van der Waals surface area contributed by atoms with Crippen LogP contribution in [0.5, 0.6) is 5.75 Å². The summed E-state index contributed by atoms with van der Waals surface area (Å²) in [5, 5.41) is 20.6. The van der Waals surface area contributed by atoms with Gasteiger partial charge in [0, 0.05) is 0 Å². The summed E-state index contributed by atoms with van der Waals surface area (Å²) >= 11 is 0.900. The molecular formula is C18H23NaO2. The van der Waals surface area contributed by atoms with Crippen molar-refractivity contribution in [3.63, 3.8) is 0 Å². The second-order valence-electron chi connectivity index (χ2n) is 8.07. The molecule has 0 amide bonds. The summed E-state index contributed by atoms with van der Waals surface area (Å²) in [7, 11) is 0. The Bertz CT molecular complexity index is 583. The third kappa shape index (κ3) is 1.99. The van der Waals surface area contributed by atoms with E-state index in [4.69, 9.17) is 0 Å². The van der Waals surface area contributed by atoms with E-state index in [9.17, 15) is 10.2 Å². The van der Waals surface area contributed by atoms with E-state index < -0.39 is 0 Å². The van der Waals surface area contributed by atoms with E-state index in [1.54, 1.807) is 0 Å². The van der Waals surface area contributed by atoms with Gasteiger partial charge in [0.05, 0.1) is 0 Å². The van der Waals surface area contributed by atoms with Crippen molar-refractivity contribution >= 4 is 27.9 Å². The van der Waals surface area contributed by atoms with Crippen LogP contribution in [-0.4, -0.2) is 41.0 Å². The van der Waals surface area contributed by atoms with Crippen LogP contribution in [0, 0.1) is 17.3 Å². The molecule has 0 aliphatic heterocycles. The van der Waals surface area contributed by atoms with Crippen LogP contribution in [0.4, 0.5) is 0 Å². The van der Waals surface area contributed by atoms with Crippen LogP contribution in [0.25, 0.3) is 0 Å². The number of hydrogen-bond acceptors (Lipinski definition) is 2. The van der Waals surface area contributed by atoms with E-state index >= 15 is 0 Å². The monoisotopic (exact) mass is 294 g/mol.